The van der Waals surface area contributed by atoms with E-state index in [1.165, 1.54) is 72.3 Å². The molecule has 0 aliphatic carbocycles. The molecule has 0 amide bonds. The highest BCUT2D eigenvalue weighted by atomic mass is 14.9. The Labute approximate surface area is 441 Å². The zero-order valence-electron chi connectivity index (χ0n) is 43.3. The normalized spacial score (nSPS) is 12.7. The van der Waals surface area contributed by atoms with E-state index >= 15 is 0 Å². The Morgan fingerprint density at radius 3 is 1.69 bits per heavy atom. The van der Waals surface area contributed by atoms with Gasteiger partial charge in [0.25, 0.3) is 0 Å². The molecule has 1 aliphatic heterocycles. The van der Waals surface area contributed by atoms with Crippen LogP contribution in [0.4, 0.5) is 0 Å². The van der Waals surface area contributed by atoms with Gasteiger partial charge in [-0.2, -0.15) is 0 Å². The molecule has 9 aromatic rings. The molecule has 0 saturated carbocycles. The smallest absolute Gasteiger partial charge is 0.0707 e. The lowest BCUT2D eigenvalue weighted by Gasteiger charge is -2.26. The molecule has 0 fully saturated rings. The molecule has 1 N–H and O–H groups in total. The summed E-state index contributed by atoms with van der Waals surface area (Å²) in [4.78, 5) is 8.64. The summed E-state index contributed by atoms with van der Waals surface area (Å²) in [6.45, 7) is 16.1. The third-order valence-corrected chi connectivity index (χ3v) is 12.5. The lowest BCUT2D eigenvalue weighted by atomic mass is 9.88. The average molecular weight is 962 g/mol. The number of aromatic nitrogens is 2. The van der Waals surface area contributed by atoms with Gasteiger partial charge in [0.1, 0.15) is 0 Å². The number of nitrogens with one attached hydrogen (secondary N) is 1. The molecular weight excluding hydrogens is 895 g/mol. The van der Waals surface area contributed by atoms with E-state index in [2.05, 4.69) is 223 Å². The summed E-state index contributed by atoms with van der Waals surface area (Å²) in [5.74, 6) is 0. The van der Waals surface area contributed by atoms with Crippen LogP contribution >= 0.6 is 0 Å². The van der Waals surface area contributed by atoms with Crippen molar-refractivity contribution in [2.75, 3.05) is 0 Å². The van der Waals surface area contributed by atoms with E-state index in [0.717, 1.165) is 35.5 Å². The quantitative estimate of drug-likeness (QED) is 0.0979. The summed E-state index contributed by atoms with van der Waals surface area (Å²) >= 11 is 0. The van der Waals surface area contributed by atoms with Gasteiger partial charge in [-0.1, -0.05) is 225 Å². The van der Waals surface area contributed by atoms with Gasteiger partial charge >= 0.3 is 0 Å². The minimum absolute atomic E-state index is 0.0348. The lowest BCUT2D eigenvalue weighted by molar-refractivity contribution is 0.717. The maximum Gasteiger partial charge on any atom is 0.0707 e. The fraction of sp³-hybridized carbons (Fsp3) is 0.0986. The van der Waals surface area contributed by atoms with Crippen LogP contribution in [0.25, 0.3) is 39.0 Å². The van der Waals surface area contributed by atoms with Crippen molar-refractivity contribution in [3.05, 3.63) is 343 Å². The second-order valence-corrected chi connectivity index (χ2v) is 17.9. The summed E-state index contributed by atoms with van der Waals surface area (Å²) < 4.78 is 0. The van der Waals surface area contributed by atoms with Crippen LogP contribution in [0, 0.1) is 13.8 Å². The van der Waals surface area contributed by atoms with Crippen LogP contribution in [0.3, 0.4) is 0 Å². The van der Waals surface area contributed by atoms with E-state index in [1.54, 1.807) is 6.20 Å². The van der Waals surface area contributed by atoms with Gasteiger partial charge in [0.2, 0.25) is 0 Å². The number of nitrogens with zero attached hydrogens (tertiary/aromatic N) is 2. The van der Waals surface area contributed by atoms with Crippen LogP contribution in [-0.4, -0.2) is 9.97 Å². The first-order chi connectivity index (χ1) is 36.3. The Kier molecular flexibility index (Phi) is 20.2. The highest BCUT2D eigenvalue weighted by Gasteiger charge is 2.20. The monoisotopic (exact) mass is 962 g/mol. The summed E-state index contributed by atoms with van der Waals surface area (Å²) in [7, 11) is 0. The molecule has 0 spiro atoms. The van der Waals surface area contributed by atoms with Gasteiger partial charge in [-0.3, -0.25) is 9.97 Å². The van der Waals surface area contributed by atoms with Crippen LogP contribution in [0.2, 0.25) is 0 Å². The largest absolute Gasteiger partial charge is 0.374 e. The third kappa shape index (κ3) is 15.5. The van der Waals surface area contributed by atoms with Crippen molar-refractivity contribution >= 4 is 5.57 Å². The molecule has 3 nitrogen and oxygen atoms in total. The number of allylic oxidation sites excluding steroid dienone is 7. The van der Waals surface area contributed by atoms with Crippen molar-refractivity contribution in [3.8, 4) is 33.4 Å². The topological polar surface area (TPSA) is 37.8 Å². The van der Waals surface area contributed by atoms with Crippen LogP contribution in [0.5, 0.6) is 0 Å². The molecule has 1 unspecified atom stereocenters. The maximum atomic E-state index is 4.66. The number of hydrogen-bond donors (Lipinski definition) is 1. The average Bonchev–Trinajstić information content (AvgIpc) is 3.46. The second-order valence-electron chi connectivity index (χ2n) is 17.9. The molecule has 3 heterocycles. The maximum absolute atomic E-state index is 4.66. The number of aryl methyl sites for hydroxylation is 2. The zero-order valence-corrected chi connectivity index (χ0v) is 43.3. The lowest BCUT2D eigenvalue weighted by Crippen LogP contribution is -2.23. The Balaban J connectivity index is 0.000000375. The van der Waals surface area contributed by atoms with Crippen molar-refractivity contribution in [2.45, 2.75) is 46.6 Å². The van der Waals surface area contributed by atoms with E-state index in [4.69, 9.17) is 0 Å². The molecule has 7 aromatic carbocycles. The molecule has 1 aliphatic rings. The first kappa shape index (κ1) is 52.9. The second kappa shape index (κ2) is 28.2. The van der Waals surface area contributed by atoms with Crippen molar-refractivity contribution in [2.24, 2.45) is 0 Å². The zero-order chi connectivity index (χ0) is 51.7. The Morgan fingerprint density at radius 2 is 1.09 bits per heavy atom. The molecule has 2 aromatic heterocycles. The number of pyridine rings is 2. The molecule has 10 rings (SSSR count). The Bertz CT molecular complexity index is 3250. The van der Waals surface area contributed by atoms with E-state index in [1.807, 2.05) is 99.8 Å². The Hall–Kier alpha value is -8.92. The molecule has 0 bridgehead atoms. The fourth-order valence-electron chi connectivity index (χ4n) is 8.57. The summed E-state index contributed by atoms with van der Waals surface area (Å²) in [5, 5.41) is 3.78. The molecule has 1 atom stereocenters. The Morgan fingerprint density at radius 1 is 0.514 bits per heavy atom. The molecular formula is C71H67N3. The number of hydrogen-bond acceptors (Lipinski definition) is 3. The third-order valence-electron chi connectivity index (χ3n) is 12.5. The standard InChI is InChI=1S/C54H44N2.C7H8.C6H7N.C4H8/c1-3-17-40(4-2)53-37-49(41-20-9-6-10-21-41)38-54(56-53)48-26-16-25-44(34-48)42-23-15-24-43(33-42)45-29-30-47(32-39-18-7-5-8-19-39)52(36-45)51-28-12-11-22-46(51)35-50-27-13-14-31-55-50;1-7-5-3-2-4-6-7;1-6-4-2-3-5-7-6;1-3-4-2/h3-31,33-34,36-38,54,56H,1-2,32,35H2;2-6H,1H3;2-5H,1H3;3-4H,1-2H3/b40-17+;;;4-3-. The van der Waals surface area contributed by atoms with Gasteiger partial charge in [0.15, 0.2) is 0 Å². The van der Waals surface area contributed by atoms with Crippen molar-refractivity contribution in [3.63, 3.8) is 0 Å². The van der Waals surface area contributed by atoms with Gasteiger partial charge in [-0.25, -0.2) is 0 Å². The van der Waals surface area contributed by atoms with E-state index < -0.39 is 0 Å². The van der Waals surface area contributed by atoms with Crippen molar-refractivity contribution < 1.29 is 0 Å². The van der Waals surface area contributed by atoms with Crippen LogP contribution < -0.4 is 5.32 Å². The van der Waals surface area contributed by atoms with Crippen molar-refractivity contribution in [1.82, 2.24) is 15.3 Å². The minimum atomic E-state index is -0.0348. The van der Waals surface area contributed by atoms with E-state index in [-0.39, 0.29) is 6.04 Å². The first-order valence-corrected chi connectivity index (χ1v) is 25.4. The number of dihydropyridines is 1. The number of benzene rings is 7. The minimum Gasteiger partial charge on any atom is -0.374 e. The summed E-state index contributed by atoms with van der Waals surface area (Å²) in [6, 6.07) is 77.1. The SMILES string of the molecule is C/C=C\C.C=C/C=C(\C=C)C1=CC(c2ccccc2)=CC(c2cccc(-c3cccc(-c4ccc(Cc5ccccc5)c(-c5ccccc5Cc5ccccn5)c4)c3)c2)N1.Cc1ccccc1.Cc1ccccn1. The van der Waals surface area contributed by atoms with Gasteiger partial charge in [-0.05, 0) is 161 Å². The molecule has 0 saturated heterocycles. The predicted octanol–water partition coefficient (Wildman–Crippen LogP) is 18.1. The number of rotatable bonds is 12. The molecule has 3 heteroatoms. The van der Waals surface area contributed by atoms with Gasteiger partial charge in [0, 0.05) is 35.9 Å². The molecule has 366 valence electrons. The fourth-order valence-corrected chi connectivity index (χ4v) is 8.57. The van der Waals surface area contributed by atoms with Crippen LogP contribution in [0.1, 0.15) is 64.7 Å². The molecule has 0 radical (unpaired) electrons. The van der Waals surface area contributed by atoms with Gasteiger partial charge in [-0.15, -0.1) is 0 Å². The van der Waals surface area contributed by atoms with Crippen molar-refractivity contribution in [1.29, 1.82) is 0 Å². The highest BCUT2D eigenvalue weighted by molar-refractivity contribution is 5.81. The van der Waals surface area contributed by atoms with Gasteiger partial charge < -0.3 is 5.32 Å². The van der Waals surface area contributed by atoms with E-state index in [9.17, 15) is 0 Å². The highest BCUT2D eigenvalue weighted by Crippen LogP contribution is 2.37. The van der Waals surface area contributed by atoms with Crippen LogP contribution in [-0.2, 0) is 12.8 Å². The van der Waals surface area contributed by atoms with Crippen LogP contribution in [0.15, 0.2) is 298 Å². The first-order valence-electron chi connectivity index (χ1n) is 25.4. The predicted molar refractivity (Wildman–Crippen MR) is 317 cm³/mol. The van der Waals surface area contributed by atoms with E-state index in [0.29, 0.717) is 0 Å². The van der Waals surface area contributed by atoms with Gasteiger partial charge in [0.05, 0.1) is 6.04 Å². The summed E-state index contributed by atoms with van der Waals surface area (Å²) in [5.41, 5.74) is 20.1. The molecule has 74 heavy (non-hydrogen) atoms. The summed E-state index contributed by atoms with van der Waals surface area (Å²) in [6.07, 6.45) is 19.5.